The van der Waals surface area contributed by atoms with Gasteiger partial charge in [-0.05, 0) is 30.9 Å². The lowest BCUT2D eigenvalue weighted by Crippen LogP contribution is -2.38. The number of hydrogen-bond acceptors (Lipinski definition) is 2. The molecule has 1 fully saturated rings. The van der Waals surface area contributed by atoms with Gasteiger partial charge in [-0.3, -0.25) is 4.79 Å². The lowest BCUT2D eigenvalue weighted by molar-refractivity contribution is -0.143. The maximum absolute atomic E-state index is 11.2. The summed E-state index contributed by atoms with van der Waals surface area (Å²) in [5.74, 6) is -0.656. The zero-order valence-electron chi connectivity index (χ0n) is 13.5. The molecule has 0 amide bonds. The van der Waals surface area contributed by atoms with Gasteiger partial charge < -0.3 is 10.4 Å². The highest BCUT2D eigenvalue weighted by Gasteiger charge is 2.30. The molecule has 1 unspecified atom stereocenters. The number of carboxylic acids is 1. The lowest BCUT2D eigenvalue weighted by atomic mass is 9.81. The standard InChI is InChI=1S/C17H27NO2Si/c1-12(17(19)20)14-9-10-18-16(11-14)13-5-7-15(8-6-13)21(2,3)4/h5-8,12,14,16,18H,9-11H2,1-4H3,(H,19,20)/t12?,14-,16+/m0/s1. The van der Waals surface area contributed by atoms with Crippen molar-refractivity contribution in [3.63, 3.8) is 0 Å². The van der Waals surface area contributed by atoms with Gasteiger partial charge in [0.05, 0.1) is 14.0 Å². The van der Waals surface area contributed by atoms with Crippen molar-refractivity contribution in [3.8, 4) is 0 Å². The molecule has 0 aromatic heterocycles. The number of benzene rings is 1. The number of carbonyl (C=O) groups is 1. The summed E-state index contributed by atoms with van der Waals surface area (Å²) >= 11 is 0. The summed E-state index contributed by atoms with van der Waals surface area (Å²) < 4.78 is 0. The fourth-order valence-corrected chi connectivity index (χ4v) is 4.24. The van der Waals surface area contributed by atoms with Crippen molar-refractivity contribution in [1.29, 1.82) is 0 Å². The molecule has 3 nitrogen and oxygen atoms in total. The van der Waals surface area contributed by atoms with Crippen LogP contribution in [0.5, 0.6) is 0 Å². The molecule has 1 aromatic rings. The molecule has 1 aliphatic heterocycles. The molecule has 1 saturated heterocycles. The zero-order chi connectivity index (χ0) is 15.6. The van der Waals surface area contributed by atoms with Gasteiger partial charge >= 0.3 is 5.97 Å². The monoisotopic (exact) mass is 305 g/mol. The molecule has 0 saturated carbocycles. The Morgan fingerprint density at radius 2 is 1.90 bits per heavy atom. The number of nitrogens with one attached hydrogen (secondary N) is 1. The molecule has 2 rings (SSSR count). The Balaban J connectivity index is 2.09. The smallest absolute Gasteiger partial charge is 0.306 e. The van der Waals surface area contributed by atoms with Gasteiger partial charge in [0, 0.05) is 6.04 Å². The van der Waals surface area contributed by atoms with Gasteiger partial charge in [-0.2, -0.15) is 0 Å². The van der Waals surface area contributed by atoms with Crippen molar-refractivity contribution in [2.45, 2.75) is 45.4 Å². The van der Waals surface area contributed by atoms with Gasteiger partial charge in [0.25, 0.3) is 0 Å². The largest absolute Gasteiger partial charge is 0.481 e. The van der Waals surface area contributed by atoms with Crippen LogP contribution in [-0.4, -0.2) is 25.7 Å². The summed E-state index contributed by atoms with van der Waals surface area (Å²) in [6, 6.07) is 9.25. The van der Waals surface area contributed by atoms with E-state index in [9.17, 15) is 9.90 Å². The Morgan fingerprint density at radius 1 is 1.29 bits per heavy atom. The van der Waals surface area contributed by atoms with E-state index >= 15 is 0 Å². The predicted octanol–water partition coefficient (Wildman–Crippen LogP) is 2.99. The van der Waals surface area contributed by atoms with Crippen LogP contribution in [0.2, 0.25) is 19.6 Å². The highest BCUT2D eigenvalue weighted by atomic mass is 28.3. The first-order valence-corrected chi connectivity index (χ1v) is 11.4. The molecule has 4 heteroatoms. The van der Waals surface area contributed by atoms with Crippen LogP contribution in [0.4, 0.5) is 0 Å². The van der Waals surface area contributed by atoms with Crippen LogP contribution in [0.25, 0.3) is 0 Å². The van der Waals surface area contributed by atoms with Crippen molar-refractivity contribution in [3.05, 3.63) is 29.8 Å². The van der Waals surface area contributed by atoms with Crippen LogP contribution in [0.15, 0.2) is 24.3 Å². The molecule has 21 heavy (non-hydrogen) atoms. The average molecular weight is 305 g/mol. The second-order valence-electron chi connectivity index (χ2n) is 7.29. The van der Waals surface area contributed by atoms with Crippen molar-refractivity contribution in [2.75, 3.05) is 6.54 Å². The number of carboxylic acid groups (broad SMARTS) is 1. The molecule has 2 N–H and O–H groups in total. The highest BCUT2D eigenvalue weighted by Crippen LogP contribution is 2.31. The summed E-state index contributed by atoms with van der Waals surface area (Å²) in [7, 11) is -1.25. The minimum Gasteiger partial charge on any atom is -0.481 e. The van der Waals surface area contributed by atoms with Crippen LogP contribution in [-0.2, 0) is 4.79 Å². The van der Waals surface area contributed by atoms with Gasteiger partial charge in [0.15, 0.2) is 0 Å². The molecular formula is C17H27NO2Si. The third-order valence-corrected chi connectivity index (χ3v) is 6.79. The zero-order valence-corrected chi connectivity index (χ0v) is 14.5. The number of rotatable bonds is 4. The van der Waals surface area contributed by atoms with Crippen LogP contribution >= 0.6 is 0 Å². The third-order valence-electron chi connectivity index (χ3n) is 4.72. The van der Waals surface area contributed by atoms with E-state index in [2.05, 4.69) is 49.2 Å². The Bertz CT molecular complexity index is 493. The van der Waals surface area contributed by atoms with Crippen LogP contribution < -0.4 is 10.5 Å². The average Bonchev–Trinajstić information content (AvgIpc) is 2.46. The van der Waals surface area contributed by atoms with E-state index in [-0.39, 0.29) is 11.8 Å². The number of hydrogen-bond donors (Lipinski definition) is 2. The lowest BCUT2D eigenvalue weighted by Gasteiger charge is -2.33. The van der Waals surface area contributed by atoms with Gasteiger partial charge in [-0.1, -0.05) is 56.0 Å². The fraction of sp³-hybridized carbons (Fsp3) is 0.588. The second-order valence-corrected chi connectivity index (χ2v) is 12.4. The van der Waals surface area contributed by atoms with E-state index in [4.69, 9.17) is 0 Å². The maximum atomic E-state index is 11.2. The van der Waals surface area contributed by atoms with Crippen molar-refractivity contribution >= 4 is 19.2 Å². The van der Waals surface area contributed by atoms with Crippen molar-refractivity contribution in [2.24, 2.45) is 11.8 Å². The van der Waals surface area contributed by atoms with E-state index in [1.54, 1.807) is 0 Å². The van der Waals surface area contributed by atoms with E-state index in [0.29, 0.717) is 6.04 Å². The fourth-order valence-electron chi connectivity index (χ4n) is 3.07. The quantitative estimate of drug-likeness (QED) is 0.841. The van der Waals surface area contributed by atoms with Gasteiger partial charge in [0.2, 0.25) is 0 Å². The summed E-state index contributed by atoms with van der Waals surface area (Å²) in [6.07, 6.45) is 1.87. The summed E-state index contributed by atoms with van der Waals surface area (Å²) in [5.41, 5.74) is 1.29. The first kappa shape index (κ1) is 16.2. The SMILES string of the molecule is CC(C(=O)O)[C@H]1CCN[C@@H](c2ccc([Si](C)(C)C)cc2)C1. The number of piperidine rings is 1. The van der Waals surface area contributed by atoms with Gasteiger partial charge in [0.1, 0.15) is 0 Å². The maximum Gasteiger partial charge on any atom is 0.306 e. The molecule has 1 aliphatic rings. The topological polar surface area (TPSA) is 49.3 Å². The van der Waals surface area contributed by atoms with Crippen LogP contribution in [0.3, 0.4) is 0 Å². The molecule has 0 bridgehead atoms. The molecule has 0 spiro atoms. The predicted molar refractivity (Wildman–Crippen MR) is 89.7 cm³/mol. The Kier molecular flexibility index (Phi) is 4.89. The Labute approximate surface area is 128 Å². The third kappa shape index (κ3) is 3.95. The van der Waals surface area contributed by atoms with E-state index in [0.717, 1.165) is 19.4 Å². The molecule has 1 aromatic carbocycles. The van der Waals surface area contributed by atoms with Crippen molar-refractivity contribution < 1.29 is 9.90 Å². The van der Waals surface area contributed by atoms with E-state index in [1.807, 2.05) is 6.92 Å². The van der Waals surface area contributed by atoms with Crippen molar-refractivity contribution in [1.82, 2.24) is 5.32 Å². The summed E-state index contributed by atoms with van der Waals surface area (Å²) in [5, 5.41) is 14.2. The minimum atomic E-state index is -1.25. The summed E-state index contributed by atoms with van der Waals surface area (Å²) in [6.45, 7) is 9.80. The molecule has 0 aliphatic carbocycles. The van der Waals surface area contributed by atoms with E-state index in [1.165, 1.54) is 10.8 Å². The molecule has 3 atom stereocenters. The molecule has 1 heterocycles. The molecular weight excluding hydrogens is 278 g/mol. The molecule has 0 radical (unpaired) electrons. The normalized spacial score (nSPS) is 24.6. The molecule has 116 valence electrons. The minimum absolute atomic E-state index is 0.254. The van der Waals surface area contributed by atoms with Crippen LogP contribution in [0.1, 0.15) is 31.4 Å². The van der Waals surface area contributed by atoms with Crippen LogP contribution in [0, 0.1) is 11.8 Å². The first-order valence-electron chi connectivity index (χ1n) is 7.85. The first-order chi connectivity index (χ1) is 9.79. The Hall–Kier alpha value is -1.13. The van der Waals surface area contributed by atoms with Gasteiger partial charge in [-0.15, -0.1) is 0 Å². The second kappa shape index (κ2) is 6.32. The summed E-state index contributed by atoms with van der Waals surface area (Å²) in [4.78, 5) is 11.2. The van der Waals surface area contributed by atoms with E-state index < -0.39 is 14.0 Å². The number of aliphatic carboxylic acids is 1. The van der Waals surface area contributed by atoms with Gasteiger partial charge in [-0.25, -0.2) is 0 Å². The highest BCUT2D eigenvalue weighted by molar-refractivity contribution is 6.88. The Morgan fingerprint density at radius 3 is 2.43 bits per heavy atom.